The Hall–Kier alpha value is -1.53. The Kier molecular flexibility index (Phi) is 6.54. The van der Waals surface area contributed by atoms with Gasteiger partial charge < -0.3 is 14.2 Å². The fourth-order valence-corrected chi connectivity index (χ4v) is 1.89. The Morgan fingerprint density at radius 1 is 1.35 bits per heavy atom. The number of alkyl halides is 1. The van der Waals surface area contributed by atoms with Crippen molar-refractivity contribution < 1.29 is 19.1 Å². The van der Waals surface area contributed by atoms with E-state index in [1.165, 1.54) is 19.2 Å². The van der Waals surface area contributed by atoms with Crippen LogP contribution in [0.15, 0.2) is 12.1 Å². The van der Waals surface area contributed by atoms with E-state index in [1.807, 2.05) is 6.92 Å². The van der Waals surface area contributed by atoms with Crippen LogP contribution in [0, 0.1) is 10.1 Å². The first-order chi connectivity index (χ1) is 9.53. The Morgan fingerprint density at radius 2 is 2.05 bits per heavy atom. The van der Waals surface area contributed by atoms with Gasteiger partial charge in [-0.3, -0.25) is 10.1 Å². The van der Waals surface area contributed by atoms with E-state index in [0.717, 1.165) is 0 Å². The van der Waals surface area contributed by atoms with Gasteiger partial charge in [-0.1, -0.05) is 0 Å². The zero-order chi connectivity index (χ0) is 15.1. The molecule has 0 bridgehead atoms. The summed E-state index contributed by atoms with van der Waals surface area (Å²) in [5, 5.41) is 11.0. The molecule has 0 aliphatic rings. The molecule has 20 heavy (non-hydrogen) atoms. The topological polar surface area (TPSA) is 70.8 Å². The van der Waals surface area contributed by atoms with Crippen molar-refractivity contribution in [2.24, 2.45) is 0 Å². The van der Waals surface area contributed by atoms with Crippen LogP contribution in [-0.2, 0) is 10.6 Å². The van der Waals surface area contributed by atoms with E-state index in [0.29, 0.717) is 30.1 Å². The Morgan fingerprint density at radius 3 is 2.55 bits per heavy atom. The van der Waals surface area contributed by atoms with Crippen molar-refractivity contribution in [2.75, 3.05) is 20.8 Å². The zero-order valence-corrected chi connectivity index (χ0v) is 12.5. The number of ether oxygens (including phenoxy) is 3. The van der Waals surface area contributed by atoms with E-state index in [-0.39, 0.29) is 17.7 Å². The number of hydrogen-bond acceptors (Lipinski definition) is 5. The van der Waals surface area contributed by atoms with Gasteiger partial charge in [0.2, 0.25) is 0 Å². The molecule has 0 aliphatic heterocycles. The van der Waals surface area contributed by atoms with Gasteiger partial charge in [-0.05, 0) is 13.0 Å². The van der Waals surface area contributed by atoms with Crippen LogP contribution in [-0.4, -0.2) is 31.9 Å². The van der Waals surface area contributed by atoms with Crippen LogP contribution in [0.5, 0.6) is 11.5 Å². The molecule has 0 amide bonds. The molecule has 0 radical (unpaired) electrons. The van der Waals surface area contributed by atoms with Crippen molar-refractivity contribution in [1.29, 1.82) is 0 Å². The van der Waals surface area contributed by atoms with Gasteiger partial charge >= 0.3 is 0 Å². The molecule has 7 heteroatoms. The van der Waals surface area contributed by atoms with Crippen molar-refractivity contribution in [1.82, 2.24) is 0 Å². The molecule has 1 aromatic carbocycles. The summed E-state index contributed by atoms with van der Waals surface area (Å²) in [5.74, 6) is 0.791. The van der Waals surface area contributed by atoms with Crippen LogP contribution in [0.2, 0.25) is 0 Å². The minimum absolute atomic E-state index is 0.0339. The number of nitrogens with zero attached hydrogens (tertiary/aromatic N) is 1. The highest BCUT2D eigenvalue weighted by Gasteiger charge is 2.20. The van der Waals surface area contributed by atoms with Gasteiger partial charge in [-0.25, -0.2) is 0 Å². The Balaban J connectivity index is 3.04. The first-order valence-electron chi connectivity index (χ1n) is 6.10. The number of nitro groups is 1. The van der Waals surface area contributed by atoms with E-state index in [2.05, 4.69) is 0 Å². The summed E-state index contributed by atoms with van der Waals surface area (Å²) in [6, 6.07) is 2.88. The third-order valence-corrected chi connectivity index (χ3v) is 3.05. The number of hydrogen-bond donors (Lipinski definition) is 0. The average Bonchev–Trinajstić information content (AvgIpc) is 2.44. The number of benzene rings is 1. The molecule has 1 aromatic rings. The molecule has 6 nitrogen and oxygen atoms in total. The number of halogens is 1. The third kappa shape index (κ3) is 4.25. The maximum Gasteiger partial charge on any atom is 0.277 e. The molecule has 0 heterocycles. The minimum atomic E-state index is -0.482. The average molecular weight is 304 g/mol. The molecule has 1 atom stereocenters. The molecule has 1 rings (SSSR count). The predicted octanol–water partition coefficient (Wildman–Crippen LogP) is 3.15. The van der Waals surface area contributed by atoms with Crippen molar-refractivity contribution >= 4 is 17.3 Å². The van der Waals surface area contributed by atoms with E-state index >= 15 is 0 Å². The van der Waals surface area contributed by atoms with Gasteiger partial charge in [0.1, 0.15) is 0 Å². The second-order valence-corrected chi connectivity index (χ2v) is 4.50. The first kappa shape index (κ1) is 16.5. The molecule has 0 aromatic heterocycles. The normalized spacial score (nSPS) is 12.0. The van der Waals surface area contributed by atoms with Crippen LogP contribution in [0.25, 0.3) is 0 Å². The van der Waals surface area contributed by atoms with E-state index < -0.39 is 4.92 Å². The van der Waals surface area contributed by atoms with Crippen molar-refractivity contribution in [2.45, 2.75) is 25.3 Å². The summed E-state index contributed by atoms with van der Waals surface area (Å²) < 4.78 is 15.8. The number of methoxy groups -OCH3 is 2. The highest BCUT2D eigenvalue weighted by Crippen LogP contribution is 2.36. The molecule has 0 fully saturated rings. The lowest BCUT2D eigenvalue weighted by atomic mass is 10.1. The second-order valence-electron chi connectivity index (χ2n) is 4.23. The Labute approximate surface area is 122 Å². The van der Waals surface area contributed by atoms with Crippen molar-refractivity contribution in [3.63, 3.8) is 0 Å². The summed E-state index contributed by atoms with van der Waals surface area (Å²) in [6.07, 6.45) is 0.523. The van der Waals surface area contributed by atoms with Gasteiger partial charge in [0, 0.05) is 25.7 Å². The fraction of sp³-hybridized carbons (Fsp3) is 0.538. The van der Waals surface area contributed by atoms with Crippen LogP contribution in [0.3, 0.4) is 0 Å². The van der Waals surface area contributed by atoms with Crippen molar-refractivity contribution in [3.8, 4) is 11.5 Å². The van der Waals surface area contributed by atoms with Gasteiger partial charge in [0.15, 0.2) is 11.5 Å². The van der Waals surface area contributed by atoms with Gasteiger partial charge in [0.05, 0.1) is 30.1 Å². The quantitative estimate of drug-likeness (QED) is 0.419. The summed E-state index contributed by atoms with van der Waals surface area (Å²) in [5.41, 5.74) is 0.320. The van der Waals surface area contributed by atoms with E-state index in [9.17, 15) is 10.1 Å². The van der Waals surface area contributed by atoms with Crippen LogP contribution in [0.4, 0.5) is 5.69 Å². The second kappa shape index (κ2) is 7.91. The molecule has 0 saturated heterocycles. The molecule has 0 spiro atoms. The van der Waals surface area contributed by atoms with Crippen molar-refractivity contribution in [3.05, 3.63) is 27.8 Å². The summed E-state index contributed by atoms with van der Waals surface area (Å²) in [7, 11) is 3.08. The molecule has 0 saturated carbocycles. The number of nitro benzene ring substituents is 1. The van der Waals surface area contributed by atoms with Crippen LogP contribution in [0.1, 0.15) is 18.9 Å². The molecule has 0 aliphatic carbocycles. The highest BCUT2D eigenvalue weighted by molar-refractivity contribution is 6.17. The van der Waals surface area contributed by atoms with E-state index in [4.69, 9.17) is 25.8 Å². The SMILES string of the molecule is COCCC(C)Oc1cc([N+](=O)[O-])c(CCl)cc1OC. The lowest BCUT2D eigenvalue weighted by Crippen LogP contribution is -2.15. The highest BCUT2D eigenvalue weighted by atomic mass is 35.5. The van der Waals surface area contributed by atoms with E-state index in [1.54, 1.807) is 7.11 Å². The molecular weight excluding hydrogens is 286 g/mol. The molecule has 1 unspecified atom stereocenters. The maximum atomic E-state index is 11.0. The summed E-state index contributed by atoms with van der Waals surface area (Å²) >= 11 is 5.71. The van der Waals surface area contributed by atoms with Gasteiger partial charge in [-0.15, -0.1) is 11.6 Å². The summed E-state index contributed by atoms with van der Waals surface area (Å²) in [4.78, 5) is 10.5. The lowest BCUT2D eigenvalue weighted by molar-refractivity contribution is -0.385. The van der Waals surface area contributed by atoms with Gasteiger partial charge in [0.25, 0.3) is 5.69 Å². The standard InChI is InChI=1S/C13H18ClNO5/c1-9(4-5-18-2)20-13-7-11(15(16)17)10(8-14)6-12(13)19-3/h6-7,9H,4-5,8H2,1-3H3. The molecule has 112 valence electrons. The minimum Gasteiger partial charge on any atom is -0.493 e. The number of rotatable bonds is 8. The third-order valence-electron chi connectivity index (χ3n) is 2.76. The Bertz CT molecular complexity index is 466. The fourth-order valence-electron chi connectivity index (χ4n) is 1.68. The maximum absolute atomic E-state index is 11.0. The van der Waals surface area contributed by atoms with Crippen LogP contribution >= 0.6 is 11.6 Å². The predicted molar refractivity (Wildman–Crippen MR) is 75.8 cm³/mol. The first-order valence-corrected chi connectivity index (χ1v) is 6.63. The zero-order valence-electron chi connectivity index (χ0n) is 11.7. The smallest absolute Gasteiger partial charge is 0.277 e. The largest absolute Gasteiger partial charge is 0.493 e. The van der Waals surface area contributed by atoms with Gasteiger partial charge in [-0.2, -0.15) is 0 Å². The molecular formula is C13H18ClNO5. The monoisotopic (exact) mass is 303 g/mol. The molecule has 0 N–H and O–H groups in total. The van der Waals surface area contributed by atoms with Crippen LogP contribution < -0.4 is 9.47 Å². The lowest BCUT2D eigenvalue weighted by Gasteiger charge is -2.17. The summed E-state index contributed by atoms with van der Waals surface area (Å²) in [6.45, 7) is 2.41.